The minimum absolute atomic E-state index is 0.0873. The Morgan fingerprint density at radius 3 is 2.36 bits per heavy atom. The molecule has 0 unspecified atom stereocenters. The molecule has 0 saturated heterocycles. The van der Waals surface area contributed by atoms with Gasteiger partial charge in [0.05, 0.1) is 18.6 Å². The first-order valence-electron chi connectivity index (χ1n) is 8.15. The van der Waals surface area contributed by atoms with E-state index < -0.39 is 28.5 Å². The number of carbonyl (C=O) groups excluding carboxylic acids is 2. The van der Waals surface area contributed by atoms with Crippen LogP contribution >= 0.6 is 0 Å². The lowest BCUT2D eigenvalue weighted by Gasteiger charge is -2.11. The van der Waals surface area contributed by atoms with Crippen molar-refractivity contribution < 1.29 is 32.2 Å². The van der Waals surface area contributed by atoms with Gasteiger partial charge in [-0.15, -0.1) is 0 Å². The molecule has 0 aliphatic carbocycles. The molecule has 10 heteroatoms. The van der Waals surface area contributed by atoms with Crippen molar-refractivity contribution >= 4 is 27.6 Å². The molecule has 2 aromatic carbocycles. The standard InChI is InChI=1S/C18H20N2O7S/c1-3-26-13-6-4-12(5-7-13)20-17(21)11-27-18(22)15-10-14(28(19,23)24)8-9-16(15)25-2/h4-10H,3,11H2,1-2H3,(H,20,21)(H2,19,23,24). The maximum atomic E-state index is 12.2. The van der Waals surface area contributed by atoms with Gasteiger partial charge in [0, 0.05) is 5.69 Å². The number of anilines is 1. The molecule has 0 atom stereocenters. The first kappa shape index (κ1) is 21.2. The average Bonchev–Trinajstić information content (AvgIpc) is 2.66. The van der Waals surface area contributed by atoms with E-state index in [0.717, 1.165) is 6.07 Å². The van der Waals surface area contributed by atoms with Crippen molar-refractivity contribution in [2.24, 2.45) is 5.14 Å². The number of nitrogens with two attached hydrogens (primary N) is 1. The molecule has 0 saturated carbocycles. The number of benzene rings is 2. The molecule has 0 aliphatic rings. The van der Waals surface area contributed by atoms with Crippen molar-refractivity contribution in [3.8, 4) is 11.5 Å². The molecular weight excluding hydrogens is 388 g/mol. The summed E-state index contributed by atoms with van der Waals surface area (Å²) in [5.41, 5.74) is 0.334. The van der Waals surface area contributed by atoms with Gasteiger partial charge in [-0.05, 0) is 49.4 Å². The van der Waals surface area contributed by atoms with Gasteiger partial charge in [0.2, 0.25) is 10.0 Å². The SMILES string of the molecule is CCOc1ccc(NC(=O)COC(=O)c2cc(S(N)(=O)=O)ccc2OC)cc1. The van der Waals surface area contributed by atoms with Crippen LogP contribution in [0.3, 0.4) is 0 Å². The summed E-state index contributed by atoms with van der Waals surface area (Å²) < 4.78 is 38.2. The second-order valence-corrected chi connectivity index (χ2v) is 7.05. The molecule has 0 aliphatic heterocycles. The van der Waals surface area contributed by atoms with E-state index in [4.69, 9.17) is 19.3 Å². The maximum Gasteiger partial charge on any atom is 0.342 e. The number of esters is 1. The number of nitrogens with one attached hydrogen (secondary N) is 1. The van der Waals surface area contributed by atoms with E-state index in [9.17, 15) is 18.0 Å². The van der Waals surface area contributed by atoms with Crippen molar-refractivity contribution in [1.82, 2.24) is 0 Å². The molecule has 3 N–H and O–H groups in total. The van der Waals surface area contributed by atoms with Crippen LogP contribution in [-0.4, -0.2) is 40.6 Å². The number of hydrogen-bond donors (Lipinski definition) is 2. The summed E-state index contributed by atoms with van der Waals surface area (Å²) in [6, 6.07) is 10.2. The third kappa shape index (κ3) is 5.69. The minimum Gasteiger partial charge on any atom is -0.496 e. The topological polar surface area (TPSA) is 134 Å². The van der Waals surface area contributed by atoms with E-state index in [-0.39, 0.29) is 16.2 Å². The number of rotatable bonds is 8. The van der Waals surface area contributed by atoms with Gasteiger partial charge in [0.25, 0.3) is 5.91 Å². The minimum atomic E-state index is -4.02. The summed E-state index contributed by atoms with van der Waals surface area (Å²) in [5.74, 6) is -0.749. The van der Waals surface area contributed by atoms with E-state index in [1.807, 2.05) is 6.92 Å². The first-order chi connectivity index (χ1) is 13.2. The molecule has 2 aromatic rings. The van der Waals surface area contributed by atoms with Crippen LogP contribution in [0.2, 0.25) is 0 Å². The summed E-state index contributed by atoms with van der Waals surface area (Å²) >= 11 is 0. The largest absolute Gasteiger partial charge is 0.496 e. The molecule has 2 rings (SSSR count). The van der Waals surface area contributed by atoms with Crippen molar-refractivity contribution in [3.63, 3.8) is 0 Å². The Kier molecular flexibility index (Phi) is 6.96. The Bertz CT molecular complexity index is 956. The lowest BCUT2D eigenvalue weighted by molar-refractivity contribution is -0.119. The molecule has 0 aromatic heterocycles. The van der Waals surface area contributed by atoms with Crippen LogP contribution in [0.5, 0.6) is 11.5 Å². The van der Waals surface area contributed by atoms with Crippen LogP contribution in [0.15, 0.2) is 47.4 Å². The van der Waals surface area contributed by atoms with E-state index in [1.165, 1.54) is 19.2 Å². The number of amides is 1. The molecular formula is C18H20N2O7S. The van der Waals surface area contributed by atoms with Crippen LogP contribution in [0.1, 0.15) is 17.3 Å². The third-order valence-electron chi connectivity index (χ3n) is 3.50. The summed E-state index contributed by atoms with van der Waals surface area (Å²) in [4.78, 5) is 23.9. The van der Waals surface area contributed by atoms with E-state index in [0.29, 0.717) is 18.0 Å². The predicted octanol–water partition coefficient (Wildman–Crippen LogP) is 1.54. The number of primary sulfonamides is 1. The van der Waals surface area contributed by atoms with E-state index in [2.05, 4.69) is 5.32 Å². The number of carbonyl (C=O) groups is 2. The molecule has 9 nitrogen and oxygen atoms in total. The van der Waals surface area contributed by atoms with Crippen molar-refractivity contribution in [2.45, 2.75) is 11.8 Å². The van der Waals surface area contributed by atoms with Crippen LogP contribution in [0.25, 0.3) is 0 Å². The quantitative estimate of drug-likeness (QED) is 0.633. The molecule has 1 amide bonds. The highest BCUT2D eigenvalue weighted by Gasteiger charge is 2.19. The van der Waals surface area contributed by atoms with Gasteiger partial charge in [0.15, 0.2) is 6.61 Å². The molecule has 0 spiro atoms. The zero-order chi connectivity index (χ0) is 20.7. The van der Waals surface area contributed by atoms with E-state index in [1.54, 1.807) is 24.3 Å². The maximum absolute atomic E-state index is 12.2. The van der Waals surface area contributed by atoms with Crippen LogP contribution in [0, 0.1) is 0 Å². The Morgan fingerprint density at radius 1 is 1.11 bits per heavy atom. The van der Waals surface area contributed by atoms with Crippen LogP contribution in [-0.2, 0) is 19.6 Å². The molecule has 0 bridgehead atoms. The number of methoxy groups -OCH3 is 1. The van der Waals surface area contributed by atoms with Gasteiger partial charge in [0.1, 0.15) is 17.1 Å². The van der Waals surface area contributed by atoms with Gasteiger partial charge >= 0.3 is 5.97 Å². The Morgan fingerprint density at radius 2 is 1.79 bits per heavy atom. The molecule has 0 fully saturated rings. The van der Waals surface area contributed by atoms with Gasteiger partial charge in [-0.1, -0.05) is 0 Å². The van der Waals surface area contributed by atoms with Crippen molar-refractivity contribution in [1.29, 1.82) is 0 Å². The second-order valence-electron chi connectivity index (χ2n) is 5.49. The lowest BCUT2D eigenvalue weighted by atomic mass is 10.2. The molecule has 150 valence electrons. The smallest absolute Gasteiger partial charge is 0.342 e. The monoisotopic (exact) mass is 408 g/mol. The highest BCUT2D eigenvalue weighted by molar-refractivity contribution is 7.89. The normalized spacial score (nSPS) is 10.8. The summed E-state index contributed by atoms with van der Waals surface area (Å²) in [6.07, 6.45) is 0. The zero-order valence-electron chi connectivity index (χ0n) is 15.3. The predicted molar refractivity (Wildman–Crippen MR) is 101 cm³/mol. The molecule has 28 heavy (non-hydrogen) atoms. The van der Waals surface area contributed by atoms with Gasteiger partial charge < -0.3 is 19.5 Å². The Hall–Kier alpha value is -3.11. The summed E-state index contributed by atoms with van der Waals surface area (Å²) in [6.45, 7) is 1.81. The Balaban J connectivity index is 2.02. The second kappa shape index (κ2) is 9.20. The highest BCUT2D eigenvalue weighted by Crippen LogP contribution is 2.23. The van der Waals surface area contributed by atoms with Gasteiger partial charge in [-0.25, -0.2) is 18.4 Å². The third-order valence-corrected chi connectivity index (χ3v) is 4.41. The van der Waals surface area contributed by atoms with Crippen LogP contribution < -0.4 is 19.9 Å². The fourth-order valence-corrected chi connectivity index (χ4v) is 2.77. The number of hydrogen-bond acceptors (Lipinski definition) is 7. The number of ether oxygens (including phenoxy) is 3. The lowest BCUT2D eigenvalue weighted by Crippen LogP contribution is -2.21. The van der Waals surface area contributed by atoms with E-state index >= 15 is 0 Å². The zero-order valence-corrected chi connectivity index (χ0v) is 16.1. The van der Waals surface area contributed by atoms with Crippen LogP contribution in [0.4, 0.5) is 5.69 Å². The summed E-state index contributed by atoms with van der Waals surface area (Å²) in [5, 5.41) is 7.62. The molecule has 0 radical (unpaired) electrons. The van der Waals surface area contributed by atoms with Crippen molar-refractivity contribution in [3.05, 3.63) is 48.0 Å². The fourth-order valence-electron chi connectivity index (χ4n) is 2.23. The first-order valence-corrected chi connectivity index (χ1v) is 9.70. The Labute approximate surface area is 162 Å². The van der Waals surface area contributed by atoms with Gasteiger partial charge in [-0.3, -0.25) is 4.79 Å². The fraction of sp³-hybridized carbons (Fsp3) is 0.222. The average molecular weight is 408 g/mol. The van der Waals surface area contributed by atoms with Crippen molar-refractivity contribution in [2.75, 3.05) is 25.6 Å². The highest BCUT2D eigenvalue weighted by atomic mass is 32.2. The molecule has 0 heterocycles. The summed E-state index contributed by atoms with van der Waals surface area (Å²) in [7, 11) is -2.71. The van der Waals surface area contributed by atoms with Gasteiger partial charge in [-0.2, -0.15) is 0 Å². The number of sulfonamides is 1.